The lowest BCUT2D eigenvalue weighted by Crippen LogP contribution is -2.36. The highest BCUT2D eigenvalue weighted by atomic mass is 16.5. The highest BCUT2D eigenvalue weighted by Crippen LogP contribution is 2.29. The van der Waals surface area contributed by atoms with Crippen LogP contribution in [-0.4, -0.2) is 39.2 Å². The van der Waals surface area contributed by atoms with Gasteiger partial charge in [-0.15, -0.1) is 0 Å². The molecule has 0 spiro atoms. The predicted molar refractivity (Wildman–Crippen MR) is 76.1 cm³/mol. The number of aryl methyl sites for hydroxylation is 2. The molecular formula is C14H19N5O3. The summed E-state index contributed by atoms with van der Waals surface area (Å²) >= 11 is 0. The summed E-state index contributed by atoms with van der Waals surface area (Å²) in [7, 11) is 0. The van der Waals surface area contributed by atoms with Crippen molar-refractivity contribution in [2.45, 2.75) is 32.7 Å². The average molecular weight is 305 g/mol. The van der Waals surface area contributed by atoms with E-state index in [-0.39, 0.29) is 17.9 Å². The van der Waals surface area contributed by atoms with E-state index in [9.17, 15) is 4.79 Å². The summed E-state index contributed by atoms with van der Waals surface area (Å²) in [6, 6.07) is -0.318. The Morgan fingerprint density at radius 2 is 2.18 bits per heavy atom. The first-order valence-corrected chi connectivity index (χ1v) is 7.34. The van der Waals surface area contributed by atoms with Gasteiger partial charge in [0, 0.05) is 13.2 Å². The largest absolute Gasteiger partial charge is 0.381 e. The molecule has 0 saturated carbocycles. The van der Waals surface area contributed by atoms with Crippen LogP contribution in [0.25, 0.3) is 0 Å². The van der Waals surface area contributed by atoms with Gasteiger partial charge < -0.3 is 19.6 Å². The zero-order valence-corrected chi connectivity index (χ0v) is 12.6. The van der Waals surface area contributed by atoms with Crippen LogP contribution in [-0.2, 0) is 4.74 Å². The van der Waals surface area contributed by atoms with Gasteiger partial charge in [0.1, 0.15) is 17.6 Å². The summed E-state index contributed by atoms with van der Waals surface area (Å²) in [6.45, 7) is 4.91. The van der Waals surface area contributed by atoms with Gasteiger partial charge in [-0.25, -0.2) is 4.98 Å². The molecule has 8 heteroatoms. The summed E-state index contributed by atoms with van der Waals surface area (Å²) in [6.07, 6.45) is 3.20. The number of hydrogen-bond donors (Lipinski definition) is 2. The molecule has 0 radical (unpaired) electrons. The summed E-state index contributed by atoms with van der Waals surface area (Å²) in [4.78, 5) is 23.6. The number of nitrogens with zero attached hydrogens (tertiary/aromatic N) is 3. The molecule has 3 heterocycles. The number of aromatic amines is 1. The Kier molecular flexibility index (Phi) is 4.19. The molecule has 1 atom stereocenters. The van der Waals surface area contributed by atoms with Gasteiger partial charge in [0.05, 0.1) is 6.20 Å². The Bertz CT molecular complexity index is 644. The third kappa shape index (κ3) is 3.16. The van der Waals surface area contributed by atoms with Crippen molar-refractivity contribution < 1.29 is 14.1 Å². The van der Waals surface area contributed by atoms with Crippen molar-refractivity contribution in [3.8, 4) is 0 Å². The van der Waals surface area contributed by atoms with E-state index in [0.29, 0.717) is 36.4 Å². The lowest BCUT2D eigenvalue weighted by atomic mass is 9.91. The van der Waals surface area contributed by atoms with E-state index in [1.54, 1.807) is 13.8 Å². The summed E-state index contributed by atoms with van der Waals surface area (Å²) < 4.78 is 10.7. The van der Waals surface area contributed by atoms with Crippen LogP contribution in [0.15, 0.2) is 10.7 Å². The molecular weight excluding hydrogens is 286 g/mol. The van der Waals surface area contributed by atoms with Crippen molar-refractivity contribution in [1.82, 2.24) is 25.4 Å². The highest BCUT2D eigenvalue weighted by Gasteiger charge is 2.31. The van der Waals surface area contributed by atoms with Crippen molar-refractivity contribution in [3.05, 3.63) is 29.4 Å². The molecule has 1 aliphatic rings. The van der Waals surface area contributed by atoms with E-state index >= 15 is 0 Å². The predicted octanol–water partition coefficient (Wildman–Crippen LogP) is 1.31. The minimum absolute atomic E-state index is 0.210. The van der Waals surface area contributed by atoms with Gasteiger partial charge in [-0.05, 0) is 32.6 Å². The van der Waals surface area contributed by atoms with Crippen LogP contribution >= 0.6 is 0 Å². The van der Waals surface area contributed by atoms with Crippen molar-refractivity contribution in [1.29, 1.82) is 0 Å². The molecule has 1 saturated heterocycles. The van der Waals surface area contributed by atoms with E-state index in [0.717, 1.165) is 12.8 Å². The average Bonchev–Trinajstić information content (AvgIpc) is 3.14. The molecule has 1 fully saturated rings. The van der Waals surface area contributed by atoms with Crippen molar-refractivity contribution in [3.63, 3.8) is 0 Å². The lowest BCUT2D eigenvalue weighted by molar-refractivity contribution is 0.0467. The van der Waals surface area contributed by atoms with Crippen LogP contribution in [0.2, 0.25) is 0 Å². The minimum atomic E-state index is -0.318. The maximum absolute atomic E-state index is 12.4. The SMILES string of the molecule is Cc1noc([C@@H](NC(=O)c2cnc(C)[nH]2)C2CCOCC2)n1. The Hall–Kier alpha value is -2.22. The molecule has 2 aromatic heterocycles. The third-order valence-electron chi connectivity index (χ3n) is 3.78. The minimum Gasteiger partial charge on any atom is -0.381 e. The number of ether oxygens (including phenoxy) is 1. The van der Waals surface area contributed by atoms with E-state index in [1.807, 2.05) is 0 Å². The highest BCUT2D eigenvalue weighted by molar-refractivity contribution is 5.92. The van der Waals surface area contributed by atoms with Crippen LogP contribution < -0.4 is 5.32 Å². The first-order valence-electron chi connectivity index (χ1n) is 7.34. The summed E-state index contributed by atoms with van der Waals surface area (Å²) in [5.41, 5.74) is 0.422. The quantitative estimate of drug-likeness (QED) is 0.882. The molecule has 2 aromatic rings. The van der Waals surface area contributed by atoms with Gasteiger partial charge in [-0.2, -0.15) is 4.98 Å². The molecule has 1 aliphatic heterocycles. The Morgan fingerprint density at radius 1 is 1.41 bits per heavy atom. The summed E-state index contributed by atoms with van der Waals surface area (Å²) in [5, 5.41) is 6.81. The number of amides is 1. The van der Waals surface area contributed by atoms with Gasteiger partial charge in [-0.1, -0.05) is 5.16 Å². The third-order valence-corrected chi connectivity index (χ3v) is 3.78. The number of aromatic nitrogens is 4. The van der Waals surface area contributed by atoms with Crippen molar-refractivity contribution in [2.75, 3.05) is 13.2 Å². The number of hydrogen-bond acceptors (Lipinski definition) is 6. The van der Waals surface area contributed by atoms with E-state index in [2.05, 4.69) is 25.4 Å². The van der Waals surface area contributed by atoms with Gasteiger partial charge in [-0.3, -0.25) is 4.79 Å². The molecule has 118 valence electrons. The van der Waals surface area contributed by atoms with E-state index in [1.165, 1.54) is 6.20 Å². The van der Waals surface area contributed by atoms with Crippen molar-refractivity contribution in [2.24, 2.45) is 5.92 Å². The smallest absolute Gasteiger partial charge is 0.270 e. The Balaban J connectivity index is 1.80. The van der Waals surface area contributed by atoms with Crippen LogP contribution in [0, 0.1) is 19.8 Å². The first kappa shape index (κ1) is 14.7. The fourth-order valence-corrected chi connectivity index (χ4v) is 2.63. The first-order chi connectivity index (χ1) is 10.6. The van der Waals surface area contributed by atoms with Gasteiger partial charge in [0.15, 0.2) is 5.82 Å². The lowest BCUT2D eigenvalue weighted by Gasteiger charge is -2.28. The molecule has 0 aromatic carbocycles. The number of carbonyl (C=O) groups is 1. The number of imidazole rings is 1. The zero-order chi connectivity index (χ0) is 15.5. The molecule has 22 heavy (non-hydrogen) atoms. The van der Waals surface area contributed by atoms with Gasteiger partial charge in [0.2, 0.25) is 5.89 Å². The molecule has 1 amide bonds. The molecule has 0 unspecified atom stereocenters. The van der Waals surface area contributed by atoms with Crippen molar-refractivity contribution >= 4 is 5.91 Å². The second-order valence-corrected chi connectivity index (χ2v) is 5.46. The molecule has 0 aliphatic carbocycles. The van der Waals surface area contributed by atoms with E-state index in [4.69, 9.17) is 9.26 Å². The number of nitrogens with one attached hydrogen (secondary N) is 2. The van der Waals surface area contributed by atoms with Crippen LogP contribution in [0.4, 0.5) is 0 Å². The van der Waals surface area contributed by atoms with Gasteiger partial charge >= 0.3 is 0 Å². The summed E-state index contributed by atoms with van der Waals surface area (Å²) in [5.74, 6) is 1.67. The van der Waals surface area contributed by atoms with Crippen LogP contribution in [0.3, 0.4) is 0 Å². The maximum Gasteiger partial charge on any atom is 0.270 e. The normalized spacial score (nSPS) is 17.4. The van der Waals surface area contributed by atoms with Gasteiger partial charge in [0.25, 0.3) is 5.91 Å². The Labute approximate surface area is 127 Å². The fourth-order valence-electron chi connectivity index (χ4n) is 2.63. The molecule has 8 nitrogen and oxygen atoms in total. The maximum atomic E-state index is 12.4. The molecule has 3 rings (SSSR count). The number of H-pyrrole nitrogens is 1. The topological polar surface area (TPSA) is 106 Å². The standard InChI is InChI=1S/C14H19N5O3/c1-8-15-7-11(16-8)13(20)18-12(10-3-5-21-6-4-10)14-17-9(2)19-22-14/h7,10,12H,3-6H2,1-2H3,(H,15,16)(H,18,20)/t12-/m0/s1. The molecule has 0 bridgehead atoms. The van der Waals surface area contributed by atoms with Crippen LogP contribution in [0.5, 0.6) is 0 Å². The Morgan fingerprint density at radius 3 is 2.77 bits per heavy atom. The van der Waals surface area contributed by atoms with E-state index < -0.39 is 0 Å². The monoisotopic (exact) mass is 305 g/mol. The number of carbonyl (C=O) groups excluding carboxylic acids is 1. The number of rotatable bonds is 4. The zero-order valence-electron chi connectivity index (χ0n) is 12.6. The second-order valence-electron chi connectivity index (χ2n) is 5.46. The second kappa shape index (κ2) is 6.27. The molecule has 2 N–H and O–H groups in total. The fraction of sp³-hybridized carbons (Fsp3) is 0.571. The van der Waals surface area contributed by atoms with Crippen LogP contribution in [0.1, 0.15) is 46.9 Å².